The van der Waals surface area contributed by atoms with Gasteiger partial charge in [-0.1, -0.05) is 51.1 Å². The van der Waals surface area contributed by atoms with Crippen LogP contribution >= 0.6 is 0 Å². The van der Waals surface area contributed by atoms with Crippen molar-refractivity contribution in [1.29, 1.82) is 0 Å². The number of benzene rings is 1. The monoisotopic (exact) mass is 310 g/mol. The number of sulfonamides is 1. The molecule has 0 N–H and O–H groups in total. The maximum absolute atomic E-state index is 12.5. The van der Waals surface area contributed by atoms with Crippen molar-refractivity contribution in [2.24, 2.45) is 5.41 Å². The molecule has 0 bridgehead atoms. The normalized spacial score (nSPS) is 18.8. The van der Waals surface area contributed by atoms with Crippen LogP contribution in [0, 0.1) is 5.41 Å². The molecule has 21 heavy (non-hydrogen) atoms. The Bertz CT molecular complexity index is 541. The molecular formula is C16H26N2O2S. The lowest BCUT2D eigenvalue weighted by Crippen LogP contribution is -2.50. The van der Waals surface area contributed by atoms with Crippen molar-refractivity contribution < 1.29 is 8.42 Å². The van der Waals surface area contributed by atoms with Crippen molar-refractivity contribution in [3.05, 3.63) is 35.9 Å². The minimum Gasteiger partial charge on any atom is -0.300 e. The Kier molecular flexibility index (Phi) is 5.07. The first kappa shape index (κ1) is 16.5. The van der Waals surface area contributed by atoms with E-state index < -0.39 is 10.0 Å². The van der Waals surface area contributed by atoms with Gasteiger partial charge in [-0.15, -0.1) is 0 Å². The molecule has 0 aromatic heterocycles. The van der Waals surface area contributed by atoms with Crippen LogP contribution in [0.25, 0.3) is 0 Å². The third-order valence-corrected chi connectivity index (χ3v) is 5.46. The third-order valence-electron chi connectivity index (χ3n) is 3.61. The number of piperazine rings is 1. The van der Waals surface area contributed by atoms with E-state index in [9.17, 15) is 8.42 Å². The van der Waals surface area contributed by atoms with Crippen molar-refractivity contribution in [1.82, 2.24) is 9.21 Å². The molecule has 1 fully saturated rings. The quantitative estimate of drug-likeness (QED) is 0.856. The number of hydrogen-bond donors (Lipinski definition) is 0. The molecule has 0 atom stereocenters. The summed E-state index contributed by atoms with van der Waals surface area (Å²) >= 11 is 0. The average Bonchev–Trinajstić information content (AvgIpc) is 2.38. The van der Waals surface area contributed by atoms with Gasteiger partial charge in [0.15, 0.2) is 0 Å². The molecule has 1 saturated heterocycles. The van der Waals surface area contributed by atoms with E-state index in [4.69, 9.17) is 0 Å². The summed E-state index contributed by atoms with van der Waals surface area (Å²) in [5.41, 5.74) is 1.11. The lowest BCUT2D eigenvalue weighted by molar-refractivity contribution is 0.141. The second kappa shape index (κ2) is 6.46. The predicted octanol–water partition coefficient (Wildman–Crippen LogP) is 2.18. The van der Waals surface area contributed by atoms with Crippen LogP contribution in [-0.2, 0) is 15.8 Å². The van der Waals surface area contributed by atoms with E-state index in [-0.39, 0.29) is 11.2 Å². The summed E-state index contributed by atoms with van der Waals surface area (Å²) in [6, 6.07) is 9.40. The molecule has 1 heterocycles. The molecule has 2 rings (SSSR count). The number of rotatable bonds is 4. The molecule has 1 aromatic rings. The minimum absolute atomic E-state index is 0.104. The molecule has 1 aliphatic rings. The van der Waals surface area contributed by atoms with E-state index >= 15 is 0 Å². The van der Waals surface area contributed by atoms with Gasteiger partial charge in [-0.3, -0.25) is 0 Å². The van der Waals surface area contributed by atoms with Crippen LogP contribution in [0.1, 0.15) is 26.3 Å². The summed E-state index contributed by atoms with van der Waals surface area (Å²) in [4.78, 5) is 2.36. The minimum atomic E-state index is -3.20. The first-order valence-electron chi connectivity index (χ1n) is 7.50. The smallest absolute Gasteiger partial charge is 0.218 e. The maximum Gasteiger partial charge on any atom is 0.218 e. The Labute approximate surface area is 128 Å². The van der Waals surface area contributed by atoms with Crippen LogP contribution in [0.5, 0.6) is 0 Å². The van der Waals surface area contributed by atoms with Gasteiger partial charge in [-0.25, -0.2) is 8.42 Å². The molecule has 1 aliphatic heterocycles. The van der Waals surface area contributed by atoms with Gasteiger partial charge in [0.05, 0.1) is 5.75 Å². The maximum atomic E-state index is 12.5. The van der Waals surface area contributed by atoms with Crippen LogP contribution in [0.2, 0.25) is 0 Å². The molecule has 1 aromatic carbocycles. The summed E-state index contributed by atoms with van der Waals surface area (Å²) in [6.45, 7) is 10.5. The summed E-state index contributed by atoms with van der Waals surface area (Å²) in [6.07, 6.45) is 0. The van der Waals surface area contributed by atoms with Crippen molar-refractivity contribution in [3.63, 3.8) is 0 Å². The SMILES string of the molecule is CC(C)(C)CN1CCN(S(=O)(=O)Cc2ccccc2)CC1. The molecular weight excluding hydrogens is 284 g/mol. The van der Waals surface area contributed by atoms with E-state index in [1.807, 2.05) is 30.3 Å². The van der Waals surface area contributed by atoms with E-state index in [1.165, 1.54) is 0 Å². The van der Waals surface area contributed by atoms with Crippen LogP contribution in [-0.4, -0.2) is 50.3 Å². The number of hydrogen-bond acceptors (Lipinski definition) is 3. The van der Waals surface area contributed by atoms with Gasteiger partial charge >= 0.3 is 0 Å². The molecule has 0 radical (unpaired) electrons. The summed E-state index contributed by atoms with van der Waals surface area (Å²) < 4.78 is 26.5. The summed E-state index contributed by atoms with van der Waals surface area (Å²) in [5, 5.41) is 0. The molecule has 0 spiro atoms. The first-order chi connectivity index (χ1) is 9.76. The van der Waals surface area contributed by atoms with E-state index in [0.29, 0.717) is 13.1 Å². The Hall–Kier alpha value is -0.910. The highest BCUT2D eigenvalue weighted by atomic mass is 32.2. The molecule has 0 unspecified atom stereocenters. The molecule has 4 nitrogen and oxygen atoms in total. The first-order valence-corrected chi connectivity index (χ1v) is 9.11. The largest absolute Gasteiger partial charge is 0.300 e. The third kappa shape index (κ3) is 5.09. The average molecular weight is 310 g/mol. The molecule has 5 heteroatoms. The topological polar surface area (TPSA) is 40.6 Å². The van der Waals surface area contributed by atoms with E-state index in [2.05, 4.69) is 25.7 Å². The molecule has 0 amide bonds. The standard InChI is InChI=1S/C16H26N2O2S/c1-16(2,3)14-17-9-11-18(12-10-17)21(19,20)13-15-7-5-4-6-8-15/h4-8H,9-14H2,1-3H3. The van der Waals surface area contributed by atoms with Gasteiger partial charge in [0.2, 0.25) is 10.0 Å². The fourth-order valence-corrected chi connectivity index (χ4v) is 4.23. The van der Waals surface area contributed by atoms with E-state index in [0.717, 1.165) is 25.2 Å². The lowest BCUT2D eigenvalue weighted by Gasteiger charge is -2.37. The van der Waals surface area contributed by atoms with Gasteiger partial charge in [0.25, 0.3) is 0 Å². The predicted molar refractivity (Wildman–Crippen MR) is 86.5 cm³/mol. The molecule has 0 aliphatic carbocycles. The zero-order chi connectivity index (χ0) is 15.5. The van der Waals surface area contributed by atoms with Crippen LogP contribution in [0.4, 0.5) is 0 Å². The Morgan fingerprint density at radius 2 is 1.57 bits per heavy atom. The van der Waals surface area contributed by atoms with Crippen LogP contribution in [0.15, 0.2) is 30.3 Å². The van der Waals surface area contributed by atoms with Gasteiger partial charge in [0.1, 0.15) is 0 Å². The van der Waals surface area contributed by atoms with Crippen molar-refractivity contribution >= 4 is 10.0 Å². The Balaban J connectivity index is 1.92. The highest BCUT2D eigenvalue weighted by molar-refractivity contribution is 7.88. The fourth-order valence-electron chi connectivity index (χ4n) is 2.71. The van der Waals surface area contributed by atoms with Gasteiger partial charge in [0, 0.05) is 32.7 Å². The van der Waals surface area contributed by atoms with Crippen LogP contribution < -0.4 is 0 Å². The number of nitrogens with zero attached hydrogens (tertiary/aromatic N) is 2. The van der Waals surface area contributed by atoms with Gasteiger partial charge in [-0.2, -0.15) is 4.31 Å². The highest BCUT2D eigenvalue weighted by Crippen LogP contribution is 2.18. The molecule has 0 saturated carbocycles. The van der Waals surface area contributed by atoms with Crippen molar-refractivity contribution in [3.8, 4) is 0 Å². The Morgan fingerprint density at radius 3 is 2.10 bits per heavy atom. The van der Waals surface area contributed by atoms with Crippen molar-refractivity contribution in [2.45, 2.75) is 26.5 Å². The highest BCUT2D eigenvalue weighted by Gasteiger charge is 2.28. The Morgan fingerprint density at radius 1 is 1.00 bits per heavy atom. The summed E-state index contributed by atoms with van der Waals surface area (Å²) in [5.74, 6) is 0.104. The van der Waals surface area contributed by atoms with Gasteiger partial charge in [-0.05, 0) is 11.0 Å². The van der Waals surface area contributed by atoms with Gasteiger partial charge < -0.3 is 4.90 Å². The van der Waals surface area contributed by atoms with Crippen molar-refractivity contribution in [2.75, 3.05) is 32.7 Å². The second-order valence-corrected chi connectivity index (χ2v) is 8.95. The molecule has 118 valence electrons. The second-order valence-electron chi connectivity index (χ2n) is 6.98. The lowest BCUT2D eigenvalue weighted by atomic mass is 9.96. The van der Waals surface area contributed by atoms with Crippen LogP contribution in [0.3, 0.4) is 0 Å². The zero-order valence-corrected chi connectivity index (χ0v) is 14.1. The summed E-state index contributed by atoms with van der Waals surface area (Å²) in [7, 11) is -3.20. The zero-order valence-electron chi connectivity index (χ0n) is 13.2. The van der Waals surface area contributed by atoms with E-state index in [1.54, 1.807) is 4.31 Å². The fraction of sp³-hybridized carbons (Fsp3) is 0.625.